The molecule has 0 heterocycles. The third kappa shape index (κ3) is 5.59. The molecule has 2 fully saturated rings. The molecule has 0 unspecified atom stereocenters. The molecule has 0 radical (unpaired) electrons. The van der Waals surface area contributed by atoms with Crippen LogP contribution in [-0.4, -0.2) is 35.9 Å². The zero-order valence-corrected chi connectivity index (χ0v) is 13.2. The van der Waals surface area contributed by atoms with Crippen LogP contribution in [0.15, 0.2) is 0 Å². The number of carbonyl (C=O) groups excluding carboxylic acids is 1. The van der Waals surface area contributed by atoms with Crippen LogP contribution < -0.4 is 5.32 Å². The quantitative estimate of drug-likeness (QED) is 0.484. The number of carbonyl (C=O) groups is 1. The Morgan fingerprint density at radius 3 is 1.86 bits per heavy atom. The standard InChI is InChI=1S/C17H31NO3/c19-13-16(8-9-16)6-2-1-5-15(21)18-12-4-3-7-17(14-20)10-11-17/h19-20H,1-14H2,(H,18,21). The van der Waals surface area contributed by atoms with Crippen LogP contribution in [-0.2, 0) is 4.79 Å². The van der Waals surface area contributed by atoms with Crippen molar-refractivity contribution in [1.29, 1.82) is 0 Å². The van der Waals surface area contributed by atoms with Crippen LogP contribution in [0.1, 0.15) is 70.6 Å². The normalized spacial score (nSPS) is 21.0. The molecular formula is C17H31NO3. The molecule has 0 aromatic carbocycles. The van der Waals surface area contributed by atoms with Gasteiger partial charge in [0.05, 0.1) is 0 Å². The van der Waals surface area contributed by atoms with Crippen LogP contribution in [0.2, 0.25) is 0 Å². The fourth-order valence-corrected chi connectivity index (χ4v) is 3.05. The van der Waals surface area contributed by atoms with Gasteiger partial charge in [-0.2, -0.15) is 0 Å². The van der Waals surface area contributed by atoms with E-state index in [1.54, 1.807) is 0 Å². The highest BCUT2D eigenvalue weighted by Crippen LogP contribution is 2.49. The van der Waals surface area contributed by atoms with Crippen LogP contribution in [0.4, 0.5) is 0 Å². The molecular weight excluding hydrogens is 266 g/mol. The smallest absolute Gasteiger partial charge is 0.219 e. The molecule has 0 aromatic heterocycles. The maximum Gasteiger partial charge on any atom is 0.219 e. The molecule has 1 amide bonds. The molecule has 2 aliphatic carbocycles. The van der Waals surface area contributed by atoms with E-state index in [0.717, 1.165) is 57.9 Å². The van der Waals surface area contributed by atoms with Gasteiger partial charge >= 0.3 is 0 Å². The minimum atomic E-state index is 0.159. The fraction of sp³-hybridized carbons (Fsp3) is 0.941. The van der Waals surface area contributed by atoms with Gasteiger partial charge in [-0.15, -0.1) is 0 Å². The van der Waals surface area contributed by atoms with E-state index < -0.39 is 0 Å². The third-order valence-corrected chi connectivity index (χ3v) is 5.40. The molecule has 21 heavy (non-hydrogen) atoms. The molecule has 0 aliphatic heterocycles. The van der Waals surface area contributed by atoms with Crippen molar-refractivity contribution in [3.8, 4) is 0 Å². The van der Waals surface area contributed by atoms with Crippen LogP contribution in [0.25, 0.3) is 0 Å². The van der Waals surface area contributed by atoms with Crippen LogP contribution in [0.5, 0.6) is 0 Å². The minimum Gasteiger partial charge on any atom is -0.396 e. The fourth-order valence-electron chi connectivity index (χ4n) is 3.05. The highest BCUT2D eigenvalue weighted by atomic mass is 16.3. The first-order chi connectivity index (χ1) is 10.1. The zero-order valence-electron chi connectivity index (χ0n) is 13.2. The van der Waals surface area contributed by atoms with E-state index in [1.165, 1.54) is 12.8 Å². The summed E-state index contributed by atoms with van der Waals surface area (Å²) in [7, 11) is 0. The summed E-state index contributed by atoms with van der Waals surface area (Å²) in [6.45, 7) is 1.41. The summed E-state index contributed by atoms with van der Waals surface area (Å²) in [4.78, 5) is 11.7. The summed E-state index contributed by atoms with van der Waals surface area (Å²) in [6.07, 6.45) is 11.5. The van der Waals surface area contributed by atoms with Crippen molar-refractivity contribution in [1.82, 2.24) is 5.32 Å². The lowest BCUT2D eigenvalue weighted by molar-refractivity contribution is -0.121. The first kappa shape index (κ1) is 16.8. The van der Waals surface area contributed by atoms with Gasteiger partial charge in [0.1, 0.15) is 0 Å². The topological polar surface area (TPSA) is 69.6 Å². The second-order valence-corrected chi connectivity index (χ2v) is 7.33. The van der Waals surface area contributed by atoms with Crippen molar-refractivity contribution in [2.75, 3.05) is 19.8 Å². The highest BCUT2D eigenvalue weighted by Gasteiger charge is 2.41. The average molecular weight is 297 g/mol. The van der Waals surface area contributed by atoms with Gasteiger partial charge in [0.2, 0.25) is 5.91 Å². The van der Waals surface area contributed by atoms with E-state index in [1.807, 2.05) is 0 Å². The van der Waals surface area contributed by atoms with Gasteiger partial charge in [-0.05, 0) is 62.2 Å². The Morgan fingerprint density at radius 2 is 1.38 bits per heavy atom. The SMILES string of the molecule is O=C(CCCCC1(CO)CC1)NCCCCC1(CO)CC1. The Hall–Kier alpha value is -0.610. The largest absolute Gasteiger partial charge is 0.396 e. The summed E-state index contributed by atoms with van der Waals surface area (Å²) < 4.78 is 0. The van der Waals surface area contributed by atoms with Crippen LogP contribution >= 0.6 is 0 Å². The Morgan fingerprint density at radius 1 is 0.857 bits per heavy atom. The second kappa shape index (κ2) is 7.59. The average Bonchev–Trinajstić information content (AvgIpc) is 3.40. The number of hydrogen-bond donors (Lipinski definition) is 3. The van der Waals surface area contributed by atoms with Gasteiger partial charge in [-0.3, -0.25) is 4.79 Å². The van der Waals surface area contributed by atoms with Gasteiger partial charge in [0.15, 0.2) is 0 Å². The number of amides is 1. The Balaban J connectivity index is 1.39. The van der Waals surface area contributed by atoms with Crippen molar-refractivity contribution in [3.63, 3.8) is 0 Å². The van der Waals surface area contributed by atoms with Crippen molar-refractivity contribution in [2.24, 2.45) is 10.8 Å². The Kier molecular flexibility index (Phi) is 6.06. The molecule has 0 atom stereocenters. The number of nitrogens with one attached hydrogen (secondary N) is 1. The van der Waals surface area contributed by atoms with E-state index in [2.05, 4.69) is 5.32 Å². The molecule has 3 N–H and O–H groups in total. The number of unbranched alkanes of at least 4 members (excludes halogenated alkanes) is 2. The summed E-state index contributed by atoms with van der Waals surface area (Å²) in [5.41, 5.74) is 0.470. The molecule has 0 spiro atoms. The van der Waals surface area contributed by atoms with E-state index in [9.17, 15) is 15.0 Å². The Bertz CT molecular complexity index is 335. The summed E-state index contributed by atoms with van der Waals surface area (Å²) in [5, 5.41) is 21.4. The Labute approximate surface area is 128 Å². The lowest BCUT2D eigenvalue weighted by atomic mass is 9.99. The second-order valence-electron chi connectivity index (χ2n) is 7.33. The van der Waals surface area contributed by atoms with E-state index in [0.29, 0.717) is 19.6 Å². The third-order valence-electron chi connectivity index (χ3n) is 5.40. The van der Waals surface area contributed by atoms with Gasteiger partial charge in [0, 0.05) is 26.2 Å². The molecule has 2 rings (SSSR count). The van der Waals surface area contributed by atoms with E-state index in [-0.39, 0.29) is 16.7 Å². The monoisotopic (exact) mass is 297 g/mol. The number of aliphatic hydroxyl groups excluding tert-OH is 2. The lowest BCUT2D eigenvalue weighted by Gasteiger charge is -2.12. The van der Waals surface area contributed by atoms with Gasteiger partial charge in [-0.1, -0.05) is 12.8 Å². The zero-order chi connectivity index (χ0) is 15.2. The van der Waals surface area contributed by atoms with Crippen LogP contribution in [0, 0.1) is 10.8 Å². The van der Waals surface area contributed by atoms with E-state index >= 15 is 0 Å². The predicted molar refractivity (Wildman–Crippen MR) is 82.8 cm³/mol. The molecule has 2 aliphatic rings. The van der Waals surface area contributed by atoms with Crippen LogP contribution in [0.3, 0.4) is 0 Å². The maximum absolute atomic E-state index is 11.7. The molecule has 2 saturated carbocycles. The van der Waals surface area contributed by atoms with Crippen molar-refractivity contribution < 1.29 is 15.0 Å². The summed E-state index contributed by atoms with van der Waals surface area (Å²) in [6, 6.07) is 0. The van der Waals surface area contributed by atoms with Gasteiger partial charge in [0.25, 0.3) is 0 Å². The molecule has 122 valence electrons. The predicted octanol–water partition coefficient (Wildman–Crippen LogP) is 2.38. The van der Waals surface area contributed by atoms with Gasteiger partial charge < -0.3 is 15.5 Å². The number of rotatable bonds is 12. The molecule has 0 aromatic rings. The molecule has 0 bridgehead atoms. The number of aliphatic hydroxyl groups is 2. The molecule has 4 nitrogen and oxygen atoms in total. The highest BCUT2D eigenvalue weighted by molar-refractivity contribution is 5.75. The van der Waals surface area contributed by atoms with Crippen molar-refractivity contribution >= 4 is 5.91 Å². The first-order valence-electron chi connectivity index (χ1n) is 8.62. The molecule has 0 saturated heterocycles. The first-order valence-corrected chi connectivity index (χ1v) is 8.62. The van der Waals surface area contributed by atoms with Gasteiger partial charge in [-0.25, -0.2) is 0 Å². The van der Waals surface area contributed by atoms with Crippen molar-refractivity contribution in [3.05, 3.63) is 0 Å². The van der Waals surface area contributed by atoms with E-state index in [4.69, 9.17) is 0 Å². The minimum absolute atomic E-state index is 0.159. The maximum atomic E-state index is 11.7. The van der Waals surface area contributed by atoms with Crippen molar-refractivity contribution in [2.45, 2.75) is 70.6 Å². The summed E-state index contributed by atoms with van der Waals surface area (Å²) >= 11 is 0. The lowest BCUT2D eigenvalue weighted by Crippen LogP contribution is -2.24. The molecule has 4 heteroatoms. The number of hydrogen-bond acceptors (Lipinski definition) is 3. The summed E-state index contributed by atoms with van der Waals surface area (Å²) in [5.74, 6) is 0.159.